The third-order valence-electron chi connectivity index (χ3n) is 5.91. The maximum absolute atomic E-state index is 13.0. The van der Waals surface area contributed by atoms with Crippen molar-refractivity contribution in [3.63, 3.8) is 0 Å². The number of H-pyrrole nitrogens is 1. The summed E-state index contributed by atoms with van der Waals surface area (Å²) < 4.78 is 37.7. The van der Waals surface area contributed by atoms with Gasteiger partial charge in [0.2, 0.25) is 15.9 Å². The Bertz CT molecular complexity index is 1450. The van der Waals surface area contributed by atoms with E-state index in [4.69, 9.17) is 21.1 Å². The number of benzene rings is 2. The monoisotopic (exact) mass is 562 g/mol. The third kappa shape index (κ3) is 6.51. The molecular formula is C25H27ClN4O7S. The molecule has 1 aliphatic heterocycles. The van der Waals surface area contributed by atoms with Crippen LogP contribution in [0.25, 0.3) is 10.9 Å². The highest BCUT2D eigenvalue weighted by Gasteiger charge is 2.29. The largest absolute Gasteiger partial charge is 0.454 e. The molecule has 202 valence electrons. The summed E-state index contributed by atoms with van der Waals surface area (Å²) in [5.74, 6) is -1.90. The lowest BCUT2D eigenvalue weighted by molar-refractivity contribution is -0.150. The Balaban J connectivity index is 1.40. The fourth-order valence-electron chi connectivity index (χ4n) is 4.10. The summed E-state index contributed by atoms with van der Waals surface area (Å²) in [6.07, 6.45) is 1.91. The second kappa shape index (κ2) is 11.9. The first-order valence-electron chi connectivity index (χ1n) is 11.8. The summed E-state index contributed by atoms with van der Waals surface area (Å²) in [6.45, 7) is 1.58. The van der Waals surface area contributed by atoms with E-state index in [9.17, 15) is 22.8 Å². The molecule has 4 rings (SSSR count). The van der Waals surface area contributed by atoms with Crippen molar-refractivity contribution < 1.29 is 32.3 Å². The van der Waals surface area contributed by atoms with E-state index in [1.54, 1.807) is 6.20 Å². The second-order valence-corrected chi connectivity index (χ2v) is 10.9. The molecule has 0 aliphatic carbocycles. The highest BCUT2D eigenvalue weighted by Crippen LogP contribution is 2.28. The molecule has 13 heteroatoms. The van der Waals surface area contributed by atoms with E-state index in [0.29, 0.717) is 0 Å². The van der Waals surface area contributed by atoms with E-state index in [-0.39, 0.29) is 48.3 Å². The summed E-state index contributed by atoms with van der Waals surface area (Å²) in [5, 5.41) is 5.99. The lowest BCUT2D eigenvalue weighted by atomic mass is 10.0. The summed E-state index contributed by atoms with van der Waals surface area (Å²) in [4.78, 5) is 39.9. The number of sulfonamides is 1. The quantitative estimate of drug-likeness (QED) is 0.338. The van der Waals surface area contributed by atoms with Crippen LogP contribution in [0.1, 0.15) is 12.5 Å². The molecule has 1 aliphatic rings. The molecule has 0 radical (unpaired) electrons. The van der Waals surface area contributed by atoms with E-state index in [0.717, 1.165) is 16.5 Å². The number of anilines is 1. The van der Waals surface area contributed by atoms with Gasteiger partial charge < -0.3 is 25.1 Å². The Hall–Kier alpha value is -3.45. The standard InChI is InChI=1S/C25H27ClN4O7S/c1-16(31)28-22(12-17-14-27-21-5-3-2-4-19(17)21)25(33)37-15-24(32)29-18-6-7-20(26)23(13-18)38(34,35)30-8-10-36-11-9-30/h2-7,13-14,22,27H,8-12,15H2,1H3,(H,28,31)(H,29,32). The molecule has 2 amide bonds. The van der Waals surface area contributed by atoms with Gasteiger partial charge in [-0.3, -0.25) is 9.59 Å². The van der Waals surface area contributed by atoms with Crippen LogP contribution in [0.2, 0.25) is 5.02 Å². The van der Waals surface area contributed by atoms with Crippen LogP contribution in [-0.2, 0) is 40.3 Å². The smallest absolute Gasteiger partial charge is 0.329 e. The van der Waals surface area contributed by atoms with Crippen molar-refractivity contribution >= 4 is 56.0 Å². The Morgan fingerprint density at radius 2 is 1.89 bits per heavy atom. The maximum atomic E-state index is 13.0. The van der Waals surface area contributed by atoms with Crippen molar-refractivity contribution in [3.8, 4) is 0 Å². The first kappa shape index (κ1) is 27.6. The van der Waals surface area contributed by atoms with Crippen molar-refractivity contribution in [2.45, 2.75) is 24.3 Å². The first-order chi connectivity index (χ1) is 18.1. The Labute approximate surface area is 224 Å². The lowest BCUT2D eigenvalue weighted by Gasteiger charge is -2.26. The molecule has 1 unspecified atom stereocenters. The normalized spacial score (nSPS) is 15.1. The van der Waals surface area contributed by atoms with Crippen LogP contribution in [0.3, 0.4) is 0 Å². The number of rotatable bonds is 9. The third-order valence-corrected chi connectivity index (χ3v) is 8.29. The summed E-state index contributed by atoms with van der Waals surface area (Å²) in [6, 6.07) is 10.6. The van der Waals surface area contributed by atoms with E-state index < -0.39 is 40.5 Å². The maximum Gasteiger partial charge on any atom is 0.329 e. The molecule has 1 saturated heterocycles. The molecule has 38 heavy (non-hydrogen) atoms. The van der Waals surface area contributed by atoms with Gasteiger partial charge in [-0.25, -0.2) is 13.2 Å². The molecule has 2 heterocycles. The number of nitrogens with one attached hydrogen (secondary N) is 3. The Kier molecular flexibility index (Phi) is 8.67. The van der Waals surface area contributed by atoms with Gasteiger partial charge in [0.1, 0.15) is 10.9 Å². The van der Waals surface area contributed by atoms with Crippen LogP contribution in [0.5, 0.6) is 0 Å². The van der Waals surface area contributed by atoms with Gasteiger partial charge in [0.05, 0.1) is 18.2 Å². The topological polar surface area (TPSA) is 147 Å². The highest BCUT2D eigenvalue weighted by atomic mass is 35.5. The highest BCUT2D eigenvalue weighted by molar-refractivity contribution is 7.89. The number of ether oxygens (including phenoxy) is 2. The van der Waals surface area contributed by atoms with Gasteiger partial charge in [-0.1, -0.05) is 29.8 Å². The predicted molar refractivity (Wildman–Crippen MR) is 140 cm³/mol. The number of para-hydroxylation sites is 1. The number of carbonyl (C=O) groups excluding carboxylic acids is 3. The molecule has 1 atom stereocenters. The Morgan fingerprint density at radius 1 is 1.16 bits per heavy atom. The van der Waals surface area contributed by atoms with Gasteiger partial charge in [-0.15, -0.1) is 0 Å². The second-order valence-electron chi connectivity index (χ2n) is 8.63. The van der Waals surface area contributed by atoms with Crippen molar-refractivity contribution in [2.24, 2.45) is 0 Å². The minimum atomic E-state index is -3.90. The molecule has 11 nitrogen and oxygen atoms in total. The number of carbonyl (C=O) groups is 3. The van der Waals surface area contributed by atoms with Crippen molar-refractivity contribution in [1.29, 1.82) is 0 Å². The number of aromatic nitrogens is 1. The van der Waals surface area contributed by atoms with Crippen LogP contribution in [0.15, 0.2) is 53.6 Å². The summed E-state index contributed by atoms with van der Waals surface area (Å²) in [7, 11) is -3.90. The number of nitrogens with zero attached hydrogens (tertiary/aromatic N) is 1. The van der Waals surface area contributed by atoms with E-state index >= 15 is 0 Å². The molecule has 3 N–H and O–H groups in total. The molecular weight excluding hydrogens is 536 g/mol. The van der Waals surface area contributed by atoms with E-state index in [1.807, 2.05) is 24.3 Å². The van der Waals surface area contributed by atoms with Gasteiger partial charge in [0.25, 0.3) is 5.91 Å². The summed E-state index contributed by atoms with van der Waals surface area (Å²) in [5.41, 5.74) is 1.85. The minimum absolute atomic E-state index is 0.0105. The van der Waals surface area contributed by atoms with Gasteiger partial charge in [0, 0.05) is 49.2 Å². The van der Waals surface area contributed by atoms with Gasteiger partial charge in [-0.2, -0.15) is 4.31 Å². The zero-order valence-corrected chi connectivity index (χ0v) is 22.1. The van der Waals surface area contributed by atoms with Crippen LogP contribution >= 0.6 is 11.6 Å². The number of morpholine rings is 1. The number of hydrogen-bond donors (Lipinski definition) is 3. The molecule has 2 aromatic carbocycles. The van der Waals surface area contributed by atoms with E-state index in [1.165, 1.54) is 29.4 Å². The minimum Gasteiger partial charge on any atom is -0.454 e. The molecule has 0 spiro atoms. The molecule has 1 aromatic heterocycles. The van der Waals surface area contributed by atoms with Crippen LogP contribution in [0, 0.1) is 0 Å². The fraction of sp³-hybridized carbons (Fsp3) is 0.320. The fourth-order valence-corrected chi connectivity index (χ4v) is 6.01. The zero-order valence-electron chi connectivity index (χ0n) is 20.5. The van der Waals surface area contributed by atoms with Gasteiger partial charge in [-0.05, 0) is 29.8 Å². The zero-order chi connectivity index (χ0) is 27.3. The van der Waals surface area contributed by atoms with Gasteiger partial charge in [0.15, 0.2) is 6.61 Å². The van der Waals surface area contributed by atoms with Crippen molar-refractivity contribution in [3.05, 3.63) is 59.2 Å². The van der Waals surface area contributed by atoms with Crippen LogP contribution < -0.4 is 10.6 Å². The number of esters is 1. The number of aromatic amines is 1. The van der Waals surface area contributed by atoms with Crippen molar-refractivity contribution in [1.82, 2.24) is 14.6 Å². The first-order valence-corrected chi connectivity index (χ1v) is 13.6. The van der Waals surface area contributed by atoms with Crippen LogP contribution in [-0.4, -0.2) is 74.4 Å². The summed E-state index contributed by atoms with van der Waals surface area (Å²) >= 11 is 6.15. The Morgan fingerprint density at radius 3 is 2.63 bits per heavy atom. The van der Waals surface area contributed by atoms with E-state index in [2.05, 4.69) is 15.6 Å². The number of hydrogen-bond acceptors (Lipinski definition) is 7. The predicted octanol–water partition coefficient (Wildman–Crippen LogP) is 2.07. The van der Waals surface area contributed by atoms with Crippen molar-refractivity contribution in [2.75, 3.05) is 38.2 Å². The number of halogens is 1. The van der Waals surface area contributed by atoms with Gasteiger partial charge >= 0.3 is 5.97 Å². The molecule has 3 aromatic rings. The molecule has 1 fully saturated rings. The molecule has 0 saturated carbocycles. The number of fused-ring (bicyclic) bond motifs is 1. The molecule has 0 bridgehead atoms. The SMILES string of the molecule is CC(=O)NC(Cc1c[nH]c2ccccc12)C(=O)OCC(=O)Nc1ccc(Cl)c(S(=O)(=O)N2CCOCC2)c1. The van der Waals surface area contributed by atoms with Crippen LogP contribution in [0.4, 0.5) is 5.69 Å². The lowest BCUT2D eigenvalue weighted by Crippen LogP contribution is -2.43. The number of amides is 2. The average Bonchev–Trinajstić information content (AvgIpc) is 3.31. The average molecular weight is 563 g/mol.